The third-order valence-corrected chi connectivity index (χ3v) is 8.98. The summed E-state index contributed by atoms with van der Waals surface area (Å²) in [6.07, 6.45) is 63.6. The van der Waals surface area contributed by atoms with Crippen molar-refractivity contribution in [2.24, 2.45) is 0 Å². The molecule has 0 aliphatic rings. The predicted octanol–water partition coefficient (Wildman–Crippen LogP) is 15.0. The van der Waals surface area contributed by atoms with Crippen LogP contribution in [0.3, 0.4) is 0 Å². The first kappa shape index (κ1) is 54.8. The minimum Gasteiger partial charge on any atom is -0.462 e. The Bertz CT molecular complexity index is 1300. The Morgan fingerprint density at radius 1 is 0.356 bits per heavy atom. The van der Waals surface area contributed by atoms with Crippen LogP contribution in [-0.2, 0) is 28.6 Å². The zero-order chi connectivity index (χ0) is 43.0. The number of carbonyl (C=O) groups excluding carboxylic acids is 3. The summed E-state index contributed by atoms with van der Waals surface area (Å²) < 4.78 is 16.6. The van der Waals surface area contributed by atoms with Gasteiger partial charge in [0.1, 0.15) is 13.2 Å². The Kier molecular flexibility index (Phi) is 43.2. The van der Waals surface area contributed by atoms with Gasteiger partial charge in [0.15, 0.2) is 6.10 Å². The molecule has 6 nitrogen and oxygen atoms in total. The first-order chi connectivity index (χ1) is 29.0. The van der Waals surface area contributed by atoms with E-state index in [1.807, 2.05) is 6.08 Å². The molecule has 59 heavy (non-hydrogen) atoms. The Hall–Kier alpha value is -4.19. The second-order valence-corrected chi connectivity index (χ2v) is 14.5. The molecule has 0 fully saturated rings. The molecule has 0 amide bonds. The van der Waals surface area contributed by atoms with Gasteiger partial charge >= 0.3 is 17.9 Å². The van der Waals surface area contributed by atoms with E-state index < -0.39 is 12.1 Å². The van der Waals surface area contributed by atoms with E-state index in [9.17, 15) is 14.4 Å². The maximum Gasteiger partial charge on any atom is 0.309 e. The van der Waals surface area contributed by atoms with Crippen LogP contribution in [0, 0.1) is 0 Å². The lowest BCUT2D eigenvalue weighted by Gasteiger charge is -2.18. The minimum atomic E-state index is -0.835. The zero-order valence-electron chi connectivity index (χ0n) is 37.5. The van der Waals surface area contributed by atoms with Gasteiger partial charge in [-0.1, -0.05) is 174 Å². The molecule has 330 valence electrons. The van der Waals surface area contributed by atoms with Crippen LogP contribution in [0.5, 0.6) is 0 Å². The Morgan fingerprint density at radius 3 is 1.12 bits per heavy atom. The van der Waals surface area contributed by atoms with E-state index in [0.29, 0.717) is 6.42 Å². The SMILES string of the molecule is CC/C=C\C/C=C\C/C=C\C/C=C\CCCCCC(=O)OCC(COC(=O)C/C=C\C/C=C\C/C=C\CC)OC(=O)CCCCCCCC/C=C\C/C=C\C/C=C\CC. The summed E-state index contributed by atoms with van der Waals surface area (Å²) in [7, 11) is 0. The van der Waals surface area contributed by atoms with E-state index in [-0.39, 0.29) is 38.0 Å². The van der Waals surface area contributed by atoms with E-state index in [1.165, 1.54) is 12.8 Å². The van der Waals surface area contributed by atoms with Crippen LogP contribution in [-0.4, -0.2) is 37.2 Å². The summed E-state index contributed by atoms with van der Waals surface area (Å²) in [6.45, 7) is 6.12. The first-order valence-corrected chi connectivity index (χ1v) is 23.0. The summed E-state index contributed by atoms with van der Waals surface area (Å²) >= 11 is 0. The van der Waals surface area contributed by atoms with Gasteiger partial charge in [0, 0.05) is 12.8 Å². The van der Waals surface area contributed by atoms with E-state index in [4.69, 9.17) is 14.2 Å². The third-order valence-electron chi connectivity index (χ3n) is 8.98. The number of carbonyl (C=O) groups is 3. The van der Waals surface area contributed by atoms with E-state index in [2.05, 4.69) is 130 Å². The third kappa shape index (κ3) is 44.8. The van der Waals surface area contributed by atoms with Crippen molar-refractivity contribution in [1.29, 1.82) is 0 Å². The average Bonchev–Trinajstić information content (AvgIpc) is 3.23. The molecule has 0 aromatic carbocycles. The van der Waals surface area contributed by atoms with Gasteiger partial charge in [0.2, 0.25) is 0 Å². The standard InChI is InChI=1S/C53H82O6/c1-4-7-10-13-16-19-21-23-25-27-29-31-34-37-40-43-46-52(55)58-49-50(48-57-51(54)45-42-39-36-33-18-15-12-9-6-3)59-53(56)47-44-41-38-35-32-30-28-26-24-22-20-17-14-11-8-5-2/h7-12,16-20,23-26,29,31,33,39,42,50H,4-6,13-15,21-22,27-28,30,32,34-38,40-41,43-49H2,1-3H3/b10-7-,11-8-,12-9-,19-16-,20-17-,25-23-,26-24-,31-29-,33-18-,42-39-. The van der Waals surface area contributed by atoms with Crippen LogP contribution in [0.15, 0.2) is 122 Å². The Morgan fingerprint density at radius 2 is 0.678 bits per heavy atom. The molecule has 0 aliphatic heterocycles. The van der Waals surface area contributed by atoms with Crippen molar-refractivity contribution in [1.82, 2.24) is 0 Å². The molecule has 1 atom stereocenters. The van der Waals surface area contributed by atoms with Crippen LogP contribution in [0.25, 0.3) is 0 Å². The van der Waals surface area contributed by atoms with Crippen LogP contribution in [0.2, 0.25) is 0 Å². The smallest absolute Gasteiger partial charge is 0.309 e. The zero-order valence-corrected chi connectivity index (χ0v) is 37.5. The van der Waals surface area contributed by atoms with Crippen molar-refractivity contribution in [3.8, 4) is 0 Å². The van der Waals surface area contributed by atoms with Gasteiger partial charge in [-0.05, 0) is 103 Å². The van der Waals surface area contributed by atoms with E-state index in [0.717, 1.165) is 122 Å². The lowest BCUT2D eigenvalue weighted by molar-refractivity contribution is -0.166. The van der Waals surface area contributed by atoms with Crippen LogP contribution in [0.1, 0.15) is 175 Å². The van der Waals surface area contributed by atoms with Crippen LogP contribution < -0.4 is 0 Å². The van der Waals surface area contributed by atoms with Crippen molar-refractivity contribution in [3.63, 3.8) is 0 Å². The summed E-state index contributed by atoms with van der Waals surface area (Å²) in [5.74, 6) is -1.11. The van der Waals surface area contributed by atoms with Gasteiger partial charge in [-0.25, -0.2) is 0 Å². The summed E-state index contributed by atoms with van der Waals surface area (Å²) in [4.78, 5) is 37.7. The lowest BCUT2D eigenvalue weighted by atomic mass is 10.1. The minimum absolute atomic E-state index is 0.121. The summed E-state index contributed by atoms with van der Waals surface area (Å²) in [5.41, 5.74) is 0. The number of allylic oxidation sites excluding steroid dienone is 19. The van der Waals surface area contributed by atoms with Gasteiger partial charge in [-0.2, -0.15) is 0 Å². The second kappa shape index (κ2) is 46.5. The molecular weight excluding hydrogens is 733 g/mol. The largest absolute Gasteiger partial charge is 0.462 e. The van der Waals surface area contributed by atoms with Crippen LogP contribution in [0.4, 0.5) is 0 Å². The molecule has 0 heterocycles. The van der Waals surface area contributed by atoms with Gasteiger partial charge in [0.25, 0.3) is 0 Å². The van der Waals surface area contributed by atoms with Gasteiger partial charge < -0.3 is 14.2 Å². The van der Waals surface area contributed by atoms with Crippen molar-refractivity contribution < 1.29 is 28.6 Å². The summed E-state index contributed by atoms with van der Waals surface area (Å²) in [6, 6.07) is 0. The molecule has 0 saturated heterocycles. The first-order valence-electron chi connectivity index (χ1n) is 23.0. The Balaban J connectivity index is 4.52. The topological polar surface area (TPSA) is 78.9 Å². The molecule has 0 spiro atoms. The fourth-order valence-corrected chi connectivity index (χ4v) is 5.62. The molecule has 0 N–H and O–H groups in total. The molecule has 0 aliphatic carbocycles. The molecular formula is C53H82O6. The summed E-state index contributed by atoms with van der Waals surface area (Å²) in [5, 5.41) is 0. The molecule has 0 radical (unpaired) electrons. The lowest BCUT2D eigenvalue weighted by Crippen LogP contribution is -2.30. The number of unbranched alkanes of at least 4 members (excludes halogenated alkanes) is 9. The highest BCUT2D eigenvalue weighted by molar-refractivity contribution is 5.72. The fraction of sp³-hybridized carbons (Fsp3) is 0.566. The number of hydrogen-bond acceptors (Lipinski definition) is 6. The molecule has 0 aromatic rings. The maximum atomic E-state index is 12.7. The van der Waals surface area contributed by atoms with Gasteiger partial charge in [0.05, 0.1) is 6.42 Å². The molecule has 0 saturated carbocycles. The number of esters is 3. The molecule has 6 heteroatoms. The quantitative estimate of drug-likeness (QED) is 0.0266. The normalized spacial score (nSPS) is 13.2. The maximum absolute atomic E-state index is 12.7. The molecule has 0 bridgehead atoms. The predicted molar refractivity (Wildman–Crippen MR) is 251 cm³/mol. The van der Waals surface area contributed by atoms with E-state index in [1.54, 1.807) is 6.08 Å². The van der Waals surface area contributed by atoms with Crippen LogP contribution >= 0.6 is 0 Å². The Labute approximate surface area is 361 Å². The number of ether oxygens (including phenoxy) is 3. The molecule has 0 rings (SSSR count). The highest BCUT2D eigenvalue weighted by Gasteiger charge is 2.19. The molecule has 0 aromatic heterocycles. The monoisotopic (exact) mass is 815 g/mol. The highest BCUT2D eigenvalue weighted by Crippen LogP contribution is 2.12. The molecule has 1 unspecified atom stereocenters. The van der Waals surface area contributed by atoms with Gasteiger partial charge in [-0.3, -0.25) is 14.4 Å². The van der Waals surface area contributed by atoms with Crippen molar-refractivity contribution in [3.05, 3.63) is 122 Å². The number of hydrogen-bond donors (Lipinski definition) is 0. The second-order valence-electron chi connectivity index (χ2n) is 14.5. The van der Waals surface area contributed by atoms with Crippen molar-refractivity contribution in [2.45, 2.75) is 181 Å². The number of rotatable bonds is 39. The average molecular weight is 815 g/mol. The van der Waals surface area contributed by atoms with E-state index >= 15 is 0 Å². The van der Waals surface area contributed by atoms with Crippen molar-refractivity contribution >= 4 is 17.9 Å². The van der Waals surface area contributed by atoms with Gasteiger partial charge in [-0.15, -0.1) is 0 Å². The fourth-order valence-electron chi connectivity index (χ4n) is 5.62. The highest BCUT2D eigenvalue weighted by atomic mass is 16.6. The van der Waals surface area contributed by atoms with Crippen molar-refractivity contribution in [2.75, 3.05) is 13.2 Å².